The fourth-order valence-corrected chi connectivity index (χ4v) is 2.31. The number of phosphoric acid groups is 1. The SMILES string of the molecule is CCCCCCCCCC(=O)O[C@@H](COCO)COP(=O)(O)O. The molecule has 1 atom stereocenters. The van der Waals surface area contributed by atoms with Gasteiger partial charge >= 0.3 is 13.8 Å². The molecule has 0 fully saturated rings. The van der Waals surface area contributed by atoms with E-state index < -0.39 is 33.3 Å². The predicted molar refractivity (Wildman–Crippen MR) is 83.5 cm³/mol. The van der Waals surface area contributed by atoms with E-state index in [1.54, 1.807) is 0 Å². The topological polar surface area (TPSA) is 123 Å². The molecule has 0 spiro atoms. The van der Waals surface area contributed by atoms with Crippen LogP contribution in [0.3, 0.4) is 0 Å². The van der Waals surface area contributed by atoms with Gasteiger partial charge in [0.05, 0.1) is 13.2 Å². The van der Waals surface area contributed by atoms with Crippen LogP contribution in [-0.4, -0.2) is 47.0 Å². The third-order valence-electron chi connectivity index (χ3n) is 3.11. The molecule has 0 unspecified atom stereocenters. The second kappa shape index (κ2) is 13.9. The van der Waals surface area contributed by atoms with Crippen LogP contribution in [0.5, 0.6) is 0 Å². The lowest BCUT2D eigenvalue weighted by molar-refractivity contribution is -0.157. The van der Waals surface area contributed by atoms with Crippen molar-refractivity contribution in [3.8, 4) is 0 Å². The third kappa shape index (κ3) is 16.1. The maximum atomic E-state index is 11.7. The lowest BCUT2D eigenvalue weighted by Gasteiger charge is -2.17. The first-order chi connectivity index (χ1) is 10.9. The monoisotopic (exact) mass is 356 g/mol. The number of unbranched alkanes of at least 4 members (excludes halogenated alkanes) is 6. The number of carbonyl (C=O) groups excluding carboxylic acids is 1. The van der Waals surface area contributed by atoms with Gasteiger partial charge in [0.25, 0.3) is 0 Å². The highest BCUT2D eigenvalue weighted by molar-refractivity contribution is 7.46. The Bertz CT molecular complexity index is 344. The maximum Gasteiger partial charge on any atom is 0.469 e. The van der Waals surface area contributed by atoms with E-state index in [1.807, 2.05) is 0 Å². The average molecular weight is 356 g/mol. The highest BCUT2D eigenvalue weighted by Gasteiger charge is 2.21. The number of ether oxygens (including phenoxy) is 2. The Morgan fingerprint density at radius 2 is 1.65 bits per heavy atom. The van der Waals surface area contributed by atoms with Gasteiger partial charge in [-0.1, -0.05) is 45.4 Å². The van der Waals surface area contributed by atoms with Gasteiger partial charge in [0.1, 0.15) is 12.9 Å². The van der Waals surface area contributed by atoms with Crippen LogP contribution < -0.4 is 0 Å². The molecular formula is C14H29O8P. The molecule has 0 aliphatic heterocycles. The summed E-state index contributed by atoms with van der Waals surface area (Å²) in [7, 11) is -4.64. The first-order valence-corrected chi connectivity index (χ1v) is 9.50. The summed E-state index contributed by atoms with van der Waals surface area (Å²) in [5.41, 5.74) is 0. The molecule has 0 bridgehead atoms. The number of aliphatic hydroxyl groups is 1. The Morgan fingerprint density at radius 1 is 1.04 bits per heavy atom. The fourth-order valence-electron chi connectivity index (χ4n) is 1.95. The number of hydrogen-bond donors (Lipinski definition) is 3. The minimum absolute atomic E-state index is 0.195. The molecule has 0 saturated carbocycles. The molecule has 23 heavy (non-hydrogen) atoms. The average Bonchev–Trinajstić information content (AvgIpc) is 2.48. The van der Waals surface area contributed by atoms with Crippen LogP contribution in [0.4, 0.5) is 0 Å². The number of hydrogen-bond acceptors (Lipinski definition) is 6. The van der Waals surface area contributed by atoms with E-state index in [9.17, 15) is 9.36 Å². The minimum Gasteiger partial charge on any atom is -0.457 e. The molecule has 0 aliphatic rings. The highest BCUT2D eigenvalue weighted by atomic mass is 31.2. The van der Waals surface area contributed by atoms with Crippen molar-refractivity contribution < 1.29 is 38.3 Å². The van der Waals surface area contributed by atoms with Crippen LogP contribution in [0, 0.1) is 0 Å². The van der Waals surface area contributed by atoms with Crippen LogP contribution in [0.1, 0.15) is 58.3 Å². The molecule has 0 heterocycles. The van der Waals surface area contributed by atoms with Crippen molar-refractivity contribution in [1.29, 1.82) is 0 Å². The van der Waals surface area contributed by atoms with Gasteiger partial charge in [0.2, 0.25) is 0 Å². The molecule has 0 aromatic heterocycles. The molecule has 0 radical (unpaired) electrons. The standard InChI is InChI=1S/C14H29O8P/c1-2-3-4-5-6-7-8-9-14(16)22-13(10-20-12-15)11-21-23(17,18)19/h13,15H,2-12H2,1H3,(H2,17,18,19)/t13-/m0/s1. The summed E-state index contributed by atoms with van der Waals surface area (Å²) in [6.45, 7) is 0.886. The number of esters is 1. The summed E-state index contributed by atoms with van der Waals surface area (Å²) in [5.74, 6) is -0.473. The zero-order chi connectivity index (χ0) is 17.6. The summed E-state index contributed by atoms with van der Waals surface area (Å²) < 4.78 is 24.7. The van der Waals surface area contributed by atoms with Crippen molar-refractivity contribution in [1.82, 2.24) is 0 Å². The van der Waals surface area contributed by atoms with Crippen LogP contribution >= 0.6 is 7.82 Å². The molecule has 0 amide bonds. The van der Waals surface area contributed by atoms with Crippen molar-refractivity contribution in [2.75, 3.05) is 20.0 Å². The van der Waals surface area contributed by atoms with Crippen LogP contribution in [0.15, 0.2) is 0 Å². The molecule has 0 rings (SSSR count). The van der Waals surface area contributed by atoms with Crippen molar-refractivity contribution in [2.24, 2.45) is 0 Å². The molecule has 9 heteroatoms. The number of carbonyl (C=O) groups is 1. The van der Waals surface area contributed by atoms with Crippen LogP contribution in [-0.2, 0) is 23.4 Å². The van der Waals surface area contributed by atoms with Gasteiger partial charge < -0.3 is 24.4 Å². The van der Waals surface area contributed by atoms with E-state index in [1.165, 1.54) is 19.3 Å². The fraction of sp³-hybridized carbons (Fsp3) is 0.929. The van der Waals surface area contributed by atoms with Crippen molar-refractivity contribution in [3.63, 3.8) is 0 Å². The molecule has 3 N–H and O–H groups in total. The van der Waals surface area contributed by atoms with E-state index >= 15 is 0 Å². The van der Waals surface area contributed by atoms with E-state index in [0.29, 0.717) is 6.42 Å². The number of rotatable bonds is 15. The van der Waals surface area contributed by atoms with Crippen molar-refractivity contribution in [2.45, 2.75) is 64.4 Å². The molecule has 0 saturated heterocycles. The molecule has 138 valence electrons. The van der Waals surface area contributed by atoms with Gasteiger partial charge in [0, 0.05) is 6.42 Å². The third-order valence-corrected chi connectivity index (χ3v) is 3.59. The Labute approximate surface area is 137 Å². The lowest BCUT2D eigenvalue weighted by Crippen LogP contribution is -2.28. The van der Waals surface area contributed by atoms with Gasteiger partial charge in [-0.15, -0.1) is 0 Å². The van der Waals surface area contributed by atoms with E-state index in [4.69, 9.17) is 19.6 Å². The van der Waals surface area contributed by atoms with Gasteiger partial charge in [-0.2, -0.15) is 0 Å². The molecular weight excluding hydrogens is 327 g/mol. The predicted octanol–water partition coefficient (Wildman–Crippen LogP) is 2.11. The Morgan fingerprint density at radius 3 is 2.22 bits per heavy atom. The summed E-state index contributed by atoms with van der Waals surface area (Å²) >= 11 is 0. The lowest BCUT2D eigenvalue weighted by atomic mass is 10.1. The van der Waals surface area contributed by atoms with Gasteiger partial charge in [-0.3, -0.25) is 9.32 Å². The summed E-state index contributed by atoms with van der Waals surface area (Å²) in [4.78, 5) is 29.0. The zero-order valence-electron chi connectivity index (χ0n) is 13.7. The number of phosphoric ester groups is 1. The summed E-state index contributed by atoms with van der Waals surface area (Å²) in [6.07, 6.45) is 6.78. The summed E-state index contributed by atoms with van der Waals surface area (Å²) in [6, 6.07) is 0. The molecule has 0 aromatic rings. The summed E-state index contributed by atoms with van der Waals surface area (Å²) in [5, 5.41) is 8.58. The van der Waals surface area contributed by atoms with E-state index in [0.717, 1.165) is 19.3 Å². The van der Waals surface area contributed by atoms with Crippen molar-refractivity contribution in [3.05, 3.63) is 0 Å². The van der Waals surface area contributed by atoms with Gasteiger partial charge in [-0.05, 0) is 6.42 Å². The molecule has 0 aliphatic carbocycles. The van der Waals surface area contributed by atoms with Crippen LogP contribution in [0.2, 0.25) is 0 Å². The zero-order valence-corrected chi connectivity index (χ0v) is 14.6. The van der Waals surface area contributed by atoms with Crippen LogP contribution in [0.25, 0.3) is 0 Å². The largest absolute Gasteiger partial charge is 0.469 e. The maximum absolute atomic E-state index is 11.7. The second-order valence-electron chi connectivity index (χ2n) is 5.27. The van der Waals surface area contributed by atoms with E-state index in [2.05, 4.69) is 16.2 Å². The Balaban J connectivity index is 3.91. The Kier molecular flexibility index (Phi) is 13.6. The van der Waals surface area contributed by atoms with Gasteiger partial charge in [-0.25, -0.2) is 4.57 Å². The second-order valence-corrected chi connectivity index (χ2v) is 6.51. The van der Waals surface area contributed by atoms with E-state index in [-0.39, 0.29) is 13.0 Å². The number of aliphatic hydroxyl groups excluding tert-OH is 1. The quantitative estimate of drug-likeness (QED) is 0.176. The normalized spacial score (nSPS) is 13.0. The smallest absolute Gasteiger partial charge is 0.457 e. The van der Waals surface area contributed by atoms with Crippen molar-refractivity contribution >= 4 is 13.8 Å². The first kappa shape index (κ1) is 22.5. The Hall–Kier alpha value is -0.500. The van der Waals surface area contributed by atoms with Gasteiger partial charge in [0.15, 0.2) is 0 Å². The highest BCUT2D eigenvalue weighted by Crippen LogP contribution is 2.35. The molecule has 8 nitrogen and oxygen atoms in total. The molecule has 0 aromatic carbocycles. The first-order valence-electron chi connectivity index (χ1n) is 7.97. The minimum atomic E-state index is -4.64.